The van der Waals surface area contributed by atoms with Crippen LogP contribution in [0.5, 0.6) is 0 Å². The summed E-state index contributed by atoms with van der Waals surface area (Å²) in [5.41, 5.74) is 6.96. The second-order valence-electron chi connectivity index (χ2n) is 5.16. The van der Waals surface area contributed by atoms with E-state index in [1.54, 1.807) is 12.1 Å². The minimum absolute atomic E-state index is 0.0420. The molecule has 1 fully saturated rings. The summed E-state index contributed by atoms with van der Waals surface area (Å²) in [4.78, 5) is 2.20. The van der Waals surface area contributed by atoms with E-state index in [1.165, 1.54) is 6.07 Å². The first kappa shape index (κ1) is 15.1. The highest BCUT2D eigenvalue weighted by Gasteiger charge is 2.25. The van der Waals surface area contributed by atoms with Gasteiger partial charge in [-0.3, -0.25) is 0 Å². The molecule has 0 amide bonds. The van der Waals surface area contributed by atoms with E-state index in [2.05, 4.69) is 4.90 Å². The molecule has 0 bridgehead atoms. The first-order valence-corrected chi connectivity index (χ1v) is 8.27. The van der Waals surface area contributed by atoms with Crippen LogP contribution in [0.1, 0.15) is 25.7 Å². The molecule has 1 aliphatic rings. The Kier molecular flexibility index (Phi) is 4.52. The predicted molar refractivity (Wildman–Crippen MR) is 78.9 cm³/mol. The van der Waals surface area contributed by atoms with E-state index in [9.17, 15) is 8.42 Å². The highest BCUT2D eigenvalue weighted by molar-refractivity contribution is 7.89. The molecule has 0 aliphatic carbocycles. The average Bonchev–Trinajstić information content (AvgIpc) is 2.82. The molecule has 112 valence electrons. The molecule has 0 spiro atoms. The number of rotatable bonds is 5. The van der Waals surface area contributed by atoms with Gasteiger partial charge < -0.3 is 15.7 Å². The standard InChI is InChI=1S/C13H21N3O3S/c14-10-7-12(9-13(8-10)20(15,18)19)16-5-1-3-11(16)4-2-6-17/h7-9,11,17H,1-6,14H2,(H2,15,18,19). The van der Waals surface area contributed by atoms with Gasteiger partial charge in [-0.15, -0.1) is 0 Å². The van der Waals surface area contributed by atoms with Crippen LogP contribution in [0.25, 0.3) is 0 Å². The first-order chi connectivity index (χ1) is 9.41. The lowest BCUT2D eigenvalue weighted by Gasteiger charge is -2.27. The summed E-state index contributed by atoms with van der Waals surface area (Å²) in [5.74, 6) is 0. The number of aliphatic hydroxyl groups excluding tert-OH is 1. The summed E-state index contributed by atoms with van der Waals surface area (Å²) in [7, 11) is -3.76. The third kappa shape index (κ3) is 3.41. The fourth-order valence-corrected chi connectivity index (χ4v) is 3.32. The van der Waals surface area contributed by atoms with Crippen molar-refractivity contribution in [1.29, 1.82) is 0 Å². The predicted octanol–water partition coefficient (Wildman–Crippen LogP) is 0.658. The lowest BCUT2D eigenvalue weighted by Crippen LogP contribution is -2.29. The summed E-state index contributed by atoms with van der Waals surface area (Å²) in [6.45, 7) is 1.04. The van der Waals surface area contributed by atoms with E-state index in [-0.39, 0.29) is 11.5 Å². The van der Waals surface area contributed by atoms with Crippen molar-refractivity contribution in [2.24, 2.45) is 5.14 Å². The van der Waals surface area contributed by atoms with Gasteiger partial charge in [0.1, 0.15) is 0 Å². The van der Waals surface area contributed by atoms with Crippen LogP contribution >= 0.6 is 0 Å². The Bertz CT molecular complexity index is 574. The Hall–Kier alpha value is -1.31. The SMILES string of the molecule is Nc1cc(N2CCCC2CCCO)cc(S(N)(=O)=O)c1. The van der Waals surface area contributed by atoms with Crippen molar-refractivity contribution in [2.75, 3.05) is 23.8 Å². The number of nitrogens with zero attached hydrogens (tertiary/aromatic N) is 1. The van der Waals surface area contributed by atoms with Gasteiger partial charge in [-0.1, -0.05) is 0 Å². The number of sulfonamides is 1. The monoisotopic (exact) mass is 299 g/mol. The summed E-state index contributed by atoms with van der Waals surface area (Å²) in [6, 6.07) is 5.03. The maximum Gasteiger partial charge on any atom is 0.238 e. The zero-order valence-corrected chi connectivity index (χ0v) is 12.1. The lowest BCUT2D eigenvalue weighted by molar-refractivity contribution is 0.279. The summed E-state index contributed by atoms with van der Waals surface area (Å²) >= 11 is 0. The van der Waals surface area contributed by atoms with Crippen LogP contribution < -0.4 is 15.8 Å². The van der Waals surface area contributed by atoms with Crippen molar-refractivity contribution in [3.8, 4) is 0 Å². The molecule has 0 radical (unpaired) electrons. The fraction of sp³-hybridized carbons (Fsp3) is 0.538. The number of nitrogen functional groups attached to an aromatic ring is 1. The molecule has 5 N–H and O–H groups in total. The normalized spacial score (nSPS) is 19.5. The van der Waals surface area contributed by atoms with Gasteiger partial charge in [-0.25, -0.2) is 13.6 Å². The Labute approximate surface area is 119 Å². The van der Waals surface area contributed by atoms with E-state index < -0.39 is 10.0 Å². The molecule has 1 heterocycles. The van der Waals surface area contributed by atoms with Gasteiger partial charge in [0.05, 0.1) is 4.90 Å². The van der Waals surface area contributed by atoms with Crippen molar-refractivity contribution in [3.63, 3.8) is 0 Å². The quantitative estimate of drug-likeness (QED) is 0.692. The molecular formula is C13H21N3O3S. The molecule has 1 unspecified atom stereocenters. The molecule has 20 heavy (non-hydrogen) atoms. The number of primary sulfonamides is 1. The molecule has 6 nitrogen and oxygen atoms in total. The number of hydrogen-bond donors (Lipinski definition) is 3. The fourth-order valence-electron chi connectivity index (χ4n) is 2.74. The largest absolute Gasteiger partial charge is 0.399 e. The molecule has 1 saturated heterocycles. The van der Waals surface area contributed by atoms with Gasteiger partial charge in [0.2, 0.25) is 10.0 Å². The van der Waals surface area contributed by atoms with Crippen LogP contribution in [-0.4, -0.2) is 32.7 Å². The summed E-state index contributed by atoms with van der Waals surface area (Å²) in [5, 5.41) is 14.1. The van der Waals surface area contributed by atoms with E-state index in [0.29, 0.717) is 11.7 Å². The maximum atomic E-state index is 11.5. The molecule has 0 saturated carbocycles. The van der Waals surface area contributed by atoms with Gasteiger partial charge >= 0.3 is 0 Å². The van der Waals surface area contributed by atoms with E-state index in [0.717, 1.165) is 37.9 Å². The topological polar surface area (TPSA) is 110 Å². The smallest absolute Gasteiger partial charge is 0.238 e. The number of hydrogen-bond acceptors (Lipinski definition) is 5. The molecule has 1 atom stereocenters. The Morgan fingerprint density at radius 2 is 2.10 bits per heavy atom. The van der Waals surface area contributed by atoms with E-state index >= 15 is 0 Å². The number of nitrogens with two attached hydrogens (primary N) is 2. The van der Waals surface area contributed by atoms with Gasteiger partial charge in [-0.2, -0.15) is 0 Å². The van der Waals surface area contributed by atoms with Crippen LogP contribution in [0.4, 0.5) is 11.4 Å². The van der Waals surface area contributed by atoms with E-state index in [4.69, 9.17) is 16.0 Å². The van der Waals surface area contributed by atoms with Crippen molar-refractivity contribution in [1.82, 2.24) is 0 Å². The van der Waals surface area contributed by atoms with Crippen LogP contribution in [0.3, 0.4) is 0 Å². The molecule has 2 rings (SSSR count). The van der Waals surface area contributed by atoms with Gasteiger partial charge in [0, 0.05) is 30.6 Å². The molecule has 1 aromatic carbocycles. The Morgan fingerprint density at radius 3 is 2.75 bits per heavy atom. The molecule has 1 aromatic rings. The first-order valence-electron chi connectivity index (χ1n) is 6.72. The third-order valence-electron chi connectivity index (χ3n) is 3.65. The molecular weight excluding hydrogens is 278 g/mol. The average molecular weight is 299 g/mol. The van der Waals surface area contributed by atoms with Crippen molar-refractivity contribution < 1.29 is 13.5 Å². The van der Waals surface area contributed by atoms with Crippen LogP contribution in [0.15, 0.2) is 23.1 Å². The van der Waals surface area contributed by atoms with Crippen molar-refractivity contribution >= 4 is 21.4 Å². The van der Waals surface area contributed by atoms with Gasteiger partial charge in [0.15, 0.2) is 0 Å². The number of anilines is 2. The van der Waals surface area contributed by atoms with Crippen molar-refractivity contribution in [2.45, 2.75) is 36.6 Å². The summed E-state index contributed by atoms with van der Waals surface area (Å²) in [6.07, 6.45) is 3.72. The molecule has 1 aliphatic heterocycles. The van der Waals surface area contributed by atoms with Crippen molar-refractivity contribution in [3.05, 3.63) is 18.2 Å². The second kappa shape index (κ2) is 5.99. The van der Waals surface area contributed by atoms with Crippen LogP contribution in [0.2, 0.25) is 0 Å². The Morgan fingerprint density at radius 1 is 1.35 bits per heavy atom. The maximum absolute atomic E-state index is 11.5. The van der Waals surface area contributed by atoms with Gasteiger partial charge in [0.25, 0.3) is 0 Å². The van der Waals surface area contributed by atoms with Crippen LogP contribution in [-0.2, 0) is 10.0 Å². The Balaban J connectivity index is 2.30. The highest BCUT2D eigenvalue weighted by atomic mass is 32.2. The zero-order valence-electron chi connectivity index (χ0n) is 11.3. The highest BCUT2D eigenvalue weighted by Crippen LogP contribution is 2.31. The third-order valence-corrected chi connectivity index (χ3v) is 4.54. The number of aliphatic hydroxyl groups is 1. The van der Waals surface area contributed by atoms with Gasteiger partial charge in [-0.05, 0) is 43.9 Å². The summed E-state index contributed by atoms with van der Waals surface area (Å²) < 4.78 is 23.0. The lowest BCUT2D eigenvalue weighted by atomic mass is 10.1. The van der Waals surface area contributed by atoms with E-state index in [1.807, 2.05) is 0 Å². The second-order valence-corrected chi connectivity index (χ2v) is 6.72. The minimum Gasteiger partial charge on any atom is -0.399 e. The molecule has 0 aromatic heterocycles. The minimum atomic E-state index is -3.76. The van der Waals surface area contributed by atoms with Crippen LogP contribution in [0, 0.1) is 0 Å². The zero-order chi connectivity index (χ0) is 14.8. The number of benzene rings is 1. The molecule has 7 heteroatoms.